The van der Waals surface area contributed by atoms with Crippen molar-refractivity contribution < 1.29 is 0 Å². The molecule has 0 spiro atoms. The molecule has 2 aliphatic rings. The molecular formula is C5H10N10. The van der Waals surface area contributed by atoms with Crippen LogP contribution in [0.3, 0.4) is 0 Å². The predicted octanol–water partition coefficient (Wildman–Crippen LogP) is -3.72. The van der Waals surface area contributed by atoms with Crippen molar-refractivity contribution >= 4 is 23.6 Å². The molecule has 1 atom stereocenters. The van der Waals surface area contributed by atoms with Gasteiger partial charge in [-0.25, -0.2) is 22.5 Å². The number of nitrogens with one attached hydrogen (secondary N) is 3. The number of rotatable bonds is 0. The molecule has 10 heteroatoms. The molecule has 0 fully saturated rings. The van der Waals surface area contributed by atoms with Crippen molar-refractivity contribution in [2.75, 3.05) is 0 Å². The molecule has 10 nitrogen and oxygen atoms in total. The van der Waals surface area contributed by atoms with E-state index in [0.29, 0.717) is 11.7 Å². The fraction of sp³-hybridized carbons (Fsp3) is 0.200. The Morgan fingerprint density at radius 3 is 2.20 bits per heavy atom. The summed E-state index contributed by atoms with van der Waals surface area (Å²) in [7, 11) is 0. The second-order valence-electron chi connectivity index (χ2n) is 2.69. The van der Waals surface area contributed by atoms with Crippen LogP contribution in [0.4, 0.5) is 0 Å². The van der Waals surface area contributed by atoms with Crippen molar-refractivity contribution in [3.8, 4) is 0 Å². The molecule has 2 aliphatic heterocycles. The van der Waals surface area contributed by atoms with E-state index in [-0.39, 0.29) is 11.9 Å². The molecule has 0 saturated heterocycles. The minimum absolute atomic E-state index is 0.200. The summed E-state index contributed by atoms with van der Waals surface area (Å²) in [5, 5.41) is 0. The third kappa shape index (κ3) is 1.52. The van der Waals surface area contributed by atoms with E-state index < -0.39 is 6.04 Å². The normalized spacial score (nSPS) is 23.3. The van der Waals surface area contributed by atoms with Gasteiger partial charge in [0.2, 0.25) is 11.9 Å². The van der Waals surface area contributed by atoms with Gasteiger partial charge in [0.15, 0.2) is 17.7 Å². The summed E-state index contributed by atoms with van der Waals surface area (Å²) in [6.45, 7) is 0. The number of nitrogens with two attached hydrogens (primary N) is 3. The fourth-order valence-corrected chi connectivity index (χ4v) is 1.20. The third-order valence-electron chi connectivity index (χ3n) is 1.83. The second kappa shape index (κ2) is 3.61. The van der Waals surface area contributed by atoms with E-state index in [4.69, 9.17) is 17.5 Å². The number of hydrogen-bond acceptors (Lipinski definition) is 10. The first kappa shape index (κ1) is 9.51. The lowest BCUT2D eigenvalue weighted by Crippen LogP contribution is -2.46. The molecule has 0 amide bonds. The van der Waals surface area contributed by atoms with Gasteiger partial charge in [0.1, 0.15) is 0 Å². The summed E-state index contributed by atoms with van der Waals surface area (Å²) >= 11 is 0. The molecular weight excluding hydrogens is 200 g/mol. The molecule has 15 heavy (non-hydrogen) atoms. The minimum Gasteiger partial charge on any atom is -0.310 e. The van der Waals surface area contributed by atoms with Gasteiger partial charge in [-0.3, -0.25) is 10.9 Å². The molecule has 2 rings (SSSR count). The summed E-state index contributed by atoms with van der Waals surface area (Å²) in [6.07, 6.45) is 0. The van der Waals surface area contributed by atoms with Crippen LogP contribution >= 0.6 is 0 Å². The number of guanidine groups is 2. The lowest BCUT2D eigenvalue weighted by atomic mass is 10.2. The first-order valence-electron chi connectivity index (χ1n) is 4.02. The molecule has 9 N–H and O–H groups in total. The molecule has 1 unspecified atom stereocenters. The first-order valence-corrected chi connectivity index (χ1v) is 4.02. The zero-order valence-corrected chi connectivity index (χ0v) is 7.60. The van der Waals surface area contributed by atoms with E-state index in [0.717, 1.165) is 0 Å². The maximum atomic E-state index is 5.28. The molecule has 0 aromatic rings. The summed E-state index contributed by atoms with van der Waals surface area (Å²) in [5.74, 6) is 16.9. The van der Waals surface area contributed by atoms with Gasteiger partial charge in [-0.05, 0) is 0 Å². The highest BCUT2D eigenvalue weighted by molar-refractivity contribution is 6.23. The minimum atomic E-state index is -0.460. The molecule has 80 valence electrons. The predicted molar refractivity (Wildman–Crippen MR) is 55.5 cm³/mol. The van der Waals surface area contributed by atoms with E-state index >= 15 is 0 Å². The fourth-order valence-electron chi connectivity index (χ4n) is 1.20. The number of amidine groups is 2. The topological polar surface area (TPSA) is 164 Å². The summed E-state index contributed by atoms with van der Waals surface area (Å²) in [6, 6.07) is -0.460. The van der Waals surface area contributed by atoms with E-state index in [1.807, 2.05) is 0 Å². The van der Waals surface area contributed by atoms with Crippen molar-refractivity contribution in [1.82, 2.24) is 16.3 Å². The summed E-state index contributed by atoms with van der Waals surface area (Å²) < 4.78 is 0. The molecule has 2 heterocycles. The third-order valence-corrected chi connectivity index (χ3v) is 1.83. The molecule has 0 saturated carbocycles. The molecule has 0 bridgehead atoms. The Morgan fingerprint density at radius 2 is 1.60 bits per heavy atom. The molecule has 0 aromatic heterocycles. The van der Waals surface area contributed by atoms with E-state index in [9.17, 15) is 0 Å². The Labute approximate surface area is 84.3 Å². The second-order valence-corrected chi connectivity index (χ2v) is 2.69. The standard InChI is InChI=1S/C5H10N10/c6-13-3-1-2(10-4(9-1)14-7)11-5(12-3)15-8/h1H,6-8H2,(H3,9,10,11,12,13,14,15). The van der Waals surface area contributed by atoms with Gasteiger partial charge in [0, 0.05) is 0 Å². The number of nitrogens with zero attached hydrogens (tertiary/aromatic N) is 4. The van der Waals surface area contributed by atoms with Gasteiger partial charge in [-0.2, -0.15) is 15.0 Å². The first-order chi connectivity index (χ1) is 7.28. The lowest BCUT2D eigenvalue weighted by Gasteiger charge is -2.15. The SMILES string of the molecule is NNC1=NC2=NC(NN)=NC2C(NN)=N1. The number of hydrazine groups is 3. The van der Waals surface area contributed by atoms with Crippen LogP contribution < -0.4 is 33.8 Å². The zero-order chi connectivity index (χ0) is 10.8. The highest BCUT2D eigenvalue weighted by Crippen LogP contribution is 2.10. The number of fused-ring (bicyclic) bond motifs is 1. The average Bonchev–Trinajstić information content (AvgIpc) is 2.70. The largest absolute Gasteiger partial charge is 0.310 e. The van der Waals surface area contributed by atoms with Crippen LogP contribution in [0.5, 0.6) is 0 Å². The van der Waals surface area contributed by atoms with Crippen LogP contribution in [-0.2, 0) is 0 Å². The quantitative estimate of drug-likeness (QED) is 0.178. The summed E-state index contributed by atoms with van der Waals surface area (Å²) in [5.41, 5.74) is 7.01. The lowest BCUT2D eigenvalue weighted by molar-refractivity contribution is 0.921. The molecule has 0 radical (unpaired) electrons. The van der Waals surface area contributed by atoms with Crippen LogP contribution in [0, 0.1) is 0 Å². The van der Waals surface area contributed by atoms with Crippen LogP contribution in [0.2, 0.25) is 0 Å². The van der Waals surface area contributed by atoms with Crippen molar-refractivity contribution in [2.24, 2.45) is 37.5 Å². The van der Waals surface area contributed by atoms with Crippen LogP contribution in [0.25, 0.3) is 0 Å². The Morgan fingerprint density at radius 1 is 0.867 bits per heavy atom. The average molecular weight is 210 g/mol. The van der Waals surface area contributed by atoms with Gasteiger partial charge in [-0.15, -0.1) is 0 Å². The van der Waals surface area contributed by atoms with Crippen LogP contribution in [0.15, 0.2) is 20.0 Å². The van der Waals surface area contributed by atoms with E-state index in [1.165, 1.54) is 0 Å². The Balaban J connectivity index is 2.36. The zero-order valence-electron chi connectivity index (χ0n) is 7.60. The maximum absolute atomic E-state index is 5.28. The highest BCUT2D eigenvalue weighted by Gasteiger charge is 2.31. The van der Waals surface area contributed by atoms with Crippen LogP contribution in [-0.4, -0.2) is 29.6 Å². The number of aliphatic imine (C=N–C) groups is 4. The number of hydrogen-bond donors (Lipinski definition) is 6. The van der Waals surface area contributed by atoms with Gasteiger partial charge in [-0.1, -0.05) is 0 Å². The van der Waals surface area contributed by atoms with Gasteiger partial charge >= 0.3 is 0 Å². The monoisotopic (exact) mass is 210 g/mol. The van der Waals surface area contributed by atoms with E-state index in [1.54, 1.807) is 0 Å². The summed E-state index contributed by atoms with van der Waals surface area (Å²) in [4.78, 5) is 16.0. The van der Waals surface area contributed by atoms with Crippen molar-refractivity contribution in [1.29, 1.82) is 0 Å². The highest BCUT2D eigenvalue weighted by atomic mass is 15.4. The maximum Gasteiger partial charge on any atom is 0.240 e. The molecule has 0 aliphatic carbocycles. The van der Waals surface area contributed by atoms with Crippen molar-refractivity contribution in [2.45, 2.75) is 6.04 Å². The van der Waals surface area contributed by atoms with Gasteiger partial charge in [0.25, 0.3) is 0 Å². The molecule has 0 aromatic carbocycles. The smallest absolute Gasteiger partial charge is 0.240 e. The van der Waals surface area contributed by atoms with Gasteiger partial charge < -0.3 is 5.43 Å². The van der Waals surface area contributed by atoms with Crippen molar-refractivity contribution in [3.63, 3.8) is 0 Å². The van der Waals surface area contributed by atoms with Gasteiger partial charge in [0.05, 0.1) is 0 Å². The van der Waals surface area contributed by atoms with Crippen molar-refractivity contribution in [3.05, 3.63) is 0 Å². The Kier molecular flexibility index (Phi) is 2.29. The van der Waals surface area contributed by atoms with E-state index in [2.05, 4.69) is 36.2 Å². The Hall–Kier alpha value is -2.04. The van der Waals surface area contributed by atoms with Crippen LogP contribution in [0.1, 0.15) is 0 Å². The Bertz CT molecular complexity index is 389.